The van der Waals surface area contributed by atoms with Crippen molar-refractivity contribution in [1.29, 1.82) is 0 Å². The highest BCUT2D eigenvalue weighted by Crippen LogP contribution is 2.28. The maximum Gasteiger partial charge on any atom is 0.251 e. The van der Waals surface area contributed by atoms with Crippen LogP contribution in [0.4, 0.5) is 0 Å². The summed E-state index contributed by atoms with van der Waals surface area (Å²) in [5, 5.41) is 2.74. The Morgan fingerprint density at radius 3 is 2.27 bits per heavy atom. The molecule has 1 aliphatic carbocycles. The minimum absolute atomic E-state index is 0.0234. The molecule has 0 spiro atoms. The Balaban J connectivity index is 1.59. The Bertz CT molecular complexity index is 749. The molecule has 1 N–H and O–H groups in total. The number of carbonyl (C=O) groups is 2. The molecule has 3 rings (SSSR count). The molecular weight excluding hydrogens is 324 g/mol. The van der Waals surface area contributed by atoms with Gasteiger partial charge in [0.15, 0.2) is 0 Å². The summed E-state index contributed by atoms with van der Waals surface area (Å²) in [7, 11) is 0. The number of hydrogen-bond acceptors (Lipinski definition) is 2. The topological polar surface area (TPSA) is 49.4 Å². The van der Waals surface area contributed by atoms with Crippen molar-refractivity contribution in [1.82, 2.24) is 10.2 Å². The SMILES string of the molecule is CC(C)c1ccc(CN(C(=O)CNC(=O)c2ccccc2)C2CC2)cc1. The van der Waals surface area contributed by atoms with E-state index in [2.05, 4.69) is 43.4 Å². The molecule has 1 fully saturated rings. The quantitative estimate of drug-likeness (QED) is 0.827. The predicted octanol–water partition coefficient (Wildman–Crippen LogP) is 3.73. The summed E-state index contributed by atoms with van der Waals surface area (Å²) in [4.78, 5) is 26.7. The number of nitrogens with one attached hydrogen (secondary N) is 1. The number of benzene rings is 2. The lowest BCUT2D eigenvalue weighted by molar-refractivity contribution is -0.131. The molecule has 0 radical (unpaired) electrons. The van der Waals surface area contributed by atoms with Crippen molar-refractivity contribution in [2.45, 2.75) is 45.2 Å². The van der Waals surface area contributed by atoms with Crippen LogP contribution in [0.15, 0.2) is 54.6 Å². The Morgan fingerprint density at radius 2 is 1.69 bits per heavy atom. The Hall–Kier alpha value is -2.62. The smallest absolute Gasteiger partial charge is 0.251 e. The van der Waals surface area contributed by atoms with E-state index in [4.69, 9.17) is 0 Å². The number of amides is 2. The second kappa shape index (κ2) is 8.17. The molecule has 4 nitrogen and oxygen atoms in total. The van der Waals surface area contributed by atoms with Crippen molar-refractivity contribution >= 4 is 11.8 Å². The van der Waals surface area contributed by atoms with Gasteiger partial charge in [-0.2, -0.15) is 0 Å². The highest BCUT2D eigenvalue weighted by atomic mass is 16.2. The zero-order valence-electron chi connectivity index (χ0n) is 15.4. The summed E-state index contributed by atoms with van der Waals surface area (Å²) in [5.74, 6) is 0.263. The van der Waals surface area contributed by atoms with Gasteiger partial charge in [0.25, 0.3) is 5.91 Å². The van der Waals surface area contributed by atoms with Crippen molar-refractivity contribution in [3.8, 4) is 0 Å². The van der Waals surface area contributed by atoms with Crippen LogP contribution in [0.1, 0.15) is 54.1 Å². The van der Waals surface area contributed by atoms with Gasteiger partial charge >= 0.3 is 0 Å². The van der Waals surface area contributed by atoms with Gasteiger partial charge in [0.2, 0.25) is 5.91 Å². The lowest BCUT2D eigenvalue weighted by Crippen LogP contribution is -2.41. The maximum absolute atomic E-state index is 12.7. The average molecular weight is 350 g/mol. The normalized spacial score (nSPS) is 13.5. The fraction of sp³-hybridized carbons (Fsp3) is 0.364. The van der Waals surface area contributed by atoms with Gasteiger partial charge in [0, 0.05) is 18.2 Å². The standard InChI is InChI=1S/C22H26N2O2/c1-16(2)18-10-8-17(9-11-18)15-24(20-12-13-20)21(25)14-23-22(26)19-6-4-3-5-7-19/h3-11,16,20H,12-15H2,1-2H3,(H,23,26). The van der Waals surface area contributed by atoms with Crippen LogP contribution in [0, 0.1) is 0 Å². The molecule has 0 aliphatic heterocycles. The van der Waals surface area contributed by atoms with Crippen LogP contribution in [0.25, 0.3) is 0 Å². The Kier molecular flexibility index (Phi) is 5.71. The number of hydrogen-bond donors (Lipinski definition) is 1. The molecule has 0 aromatic heterocycles. The van der Waals surface area contributed by atoms with Gasteiger partial charge in [-0.25, -0.2) is 0 Å². The van der Waals surface area contributed by atoms with E-state index in [1.165, 1.54) is 5.56 Å². The van der Waals surface area contributed by atoms with Crippen molar-refractivity contribution in [2.24, 2.45) is 0 Å². The van der Waals surface area contributed by atoms with Crippen LogP contribution in [0.3, 0.4) is 0 Å². The molecule has 2 aromatic rings. The highest BCUT2D eigenvalue weighted by molar-refractivity contribution is 5.96. The molecule has 1 aliphatic rings. The van der Waals surface area contributed by atoms with Gasteiger partial charge in [-0.15, -0.1) is 0 Å². The maximum atomic E-state index is 12.7. The molecular formula is C22H26N2O2. The van der Waals surface area contributed by atoms with Gasteiger partial charge < -0.3 is 10.2 Å². The molecule has 1 saturated carbocycles. The average Bonchev–Trinajstić information content (AvgIpc) is 3.50. The van der Waals surface area contributed by atoms with Gasteiger partial charge in [-0.3, -0.25) is 9.59 Å². The lowest BCUT2D eigenvalue weighted by Gasteiger charge is -2.23. The lowest BCUT2D eigenvalue weighted by atomic mass is 10.0. The Labute approximate surface area is 155 Å². The van der Waals surface area contributed by atoms with Crippen molar-refractivity contribution in [2.75, 3.05) is 6.54 Å². The molecule has 2 amide bonds. The first-order chi connectivity index (χ1) is 12.5. The highest BCUT2D eigenvalue weighted by Gasteiger charge is 2.32. The van der Waals surface area contributed by atoms with Crippen LogP contribution < -0.4 is 5.32 Å². The third-order valence-electron chi connectivity index (χ3n) is 4.74. The molecule has 0 bridgehead atoms. The summed E-state index contributed by atoms with van der Waals surface area (Å²) in [6, 6.07) is 17.7. The monoisotopic (exact) mass is 350 g/mol. The van der Waals surface area contributed by atoms with Crippen LogP contribution in [-0.2, 0) is 11.3 Å². The summed E-state index contributed by atoms with van der Waals surface area (Å²) in [5.41, 5.74) is 3.00. The third-order valence-corrected chi connectivity index (χ3v) is 4.74. The molecule has 0 unspecified atom stereocenters. The summed E-state index contributed by atoms with van der Waals surface area (Å²) < 4.78 is 0. The Morgan fingerprint density at radius 1 is 1.04 bits per heavy atom. The van der Waals surface area contributed by atoms with E-state index in [1.54, 1.807) is 12.1 Å². The minimum Gasteiger partial charge on any atom is -0.343 e. The van der Waals surface area contributed by atoms with E-state index < -0.39 is 0 Å². The van der Waals surface area contributed by atoms with E-state index in [-0.39, 0.29) is 18.4 Å². The van der Waals surface area contributed by atoms with E-state index in [0.29, 0.717) is 24.1 Å². The zero-order chi connectivity index (χ0) is 18.5. The van der Waals surface area contributed by atoms with Crippen molar-refractivity contribution in [3.63, 3.8) is 0 Å². The first kappa shape index (κ1) is 18.2. The fourth-order valence-electron chi connectivity index (χ4n) is 2.96. The van der Waals surface area contributed by atoms with Gasteiger partial charge in [0.1, 0.15) is 0 Å². The van der Waals surface area contributed by atoms with E-state index in [9.17, 15) is 9.59 Å². The van der Waals surface area contributed by atoms with Gasteiger partial charge in [0.05, 0.1) is 6.54 Å². The van der Waals surface area contributed by atoms with Crippen molar-refractivity contribution < 1.29 is 9.59 Å². The van der Waals surface area contributed by atoms with Gasteiger partial charge in [-0.1, -0.05) is 56.3 Å². The fourth-order valence-corrected chi connectivity index (χ4v) is 2.96. The summed E-state index contributed by atoms with van der Waals surface area (Å²) in [6.45, 7) is 4.98. The first-order valence-electron chi connectivity index (χ1n) is 9.26. The van der Waals surface area contributed by atoms with Crippen LogP contribution >= 0.6 is 0 Å². The van der Waals surface area contributed by atoms with E-state index in [0.717, 1.165) is 18.4 Å². The first-order valence-corrected chi connectivity index (χ1v) is 9.26. The van der Waals surface area contributed by atoms with Crippen molar-refractivity contribution in [3.05, 3.63) is 71.3 Å². The molecule has 0 heterocycles. The molecule has 26 heavy (non-hydrogen) atoms. The molecule has 136 valence electrons. The predicted molar refractivity (Wildman–Crippen MR) is 103 cm³/mol. The van der Waals surface area contributed by atoms with E-state index >= 15 is 0 Å². The van der Waals surface area contributed by atoms with Crippen LogP contribution in [-0.4, -0.2) is 29.3 Å². The van der Waals surface area contributed by atoms with Gasteiger partial charge in [-0.05, 0) is 42.0 Å². The molecule has 4 heteroatoms. The largest absolute Gasteiger partial charge is 0.343 e. The molecule has 2 aromatic carbocycles. The van der Waals surface area contributed by atoms with Crippen LogP contribution in [0.5, 0.6) is 0 Å². The molecule has 0 atom stereocenters. The summed E-state index contributed by atoms with van der Waals surface area (Å²) >= 11 is 0. The van der Waals surface area contributed by atoms with Crippen LogP contribution in [0.2, 0.25) is 0 Å². The minimum atomic E-state index is -0.212. The number of nitrogens with zero attached hydrogens (tertiary/aromatic N) is 1. The number of rotatable bonds is 7. The van der Waals surface area contributed by atoms with E-state index in [1.807, 2.05) is 23.1 Å². The molecule has 0 saturated heterocycles. The number of carbonyl (C=O) groups excluding carboxylic acids is 2. The third kappa shape index (κ3) is 4.72. The second-order valence-corrected chi connectivity index (χ2v) is 7.20. The summed E-state index contributed by atoms with van der Waals surface area (Å²) in [6.07, 6.45) is 2.09. The second-order valence-electron chi connectivity index (χ2n) is 7.20. The zero-order valence-corrected chi connectivity index (χ0v) is 15.4.